The Bertz CT molecular complexity index is 1260. The van der Waals surface area contributed by atoms with Crippen LogP contribution in [0.3, 0.4) is 0 Å². The van der Waals surface area contributed by atoms with Gasteiger partial charge in [-0.3, -0.25) is 4.79 Å². The second kappa shape index (κ2) is 8.41. The molecule has 1 N–H and O–H groups in total. The number of ketones is 1. The van der Waals surface area contributed by atoms with Crippen molar-refractivity contribution in [1.82, 2.24) is 30.2 Å². The number of thioether (sulfide) groups is 1. The number of fused-ring (bicyclic) bond motifs is 3. The molecule has 180 valence electrons. The van der Waals surface area contributed by atoms with E-state index in [-0.39, 0.29) is 17.9 Å². The molecule has 3 aliphatic rings. The van der Waals surface area contributed by atoms with Gasteiger partial charge in [-0.15, -0.1) is 11.8 Å². The van der Waals surface area contributed by atoms with Gasteiger partial charge in [0.2, 0.25) is 0 Å². The number of aromatic nitrogens is 5. The molecule has 8 nitrogen and oxygen atoms in total. The van der Waals surface area contributed by atoms with E-state index in [0.29, 0.717) is 36.6 Å². The quantitative estimate of drug-likeness (QED) is 0.435. The van der Waals surface area contributed by atoms with Crippen molar-refractivity contribution in [1.29, 1.82) is 0 Å². The fourth-order valence-electron chi connectivity index (χ4n) is 6.09. The number of hydrogen-bond donors (Lipinski definition) is 1. The molecule has 2 fully saturated rings. The molecule has 0 radical (unpaired) electrons. The average Bonchev–Trinajstić information content (AvgIpc) is 3.58. The molecule has 1 spiro atoms. The number of halogens is 1. The van der Waals surface area contributed by atoms with Crippen LogP contribution in [0.1, 0.15) is 69.2 Å². The molecule has 34 heavy (non-hydrogen) atoms. The Morgan fingerprint density at radius 1 is 1.26 bits per heavy atom. The summed E-state index contributed by atoms with van der Waals surface area (Å²) in [6.45, 7) is 2.41. The smallest absolute Gasteiger partial charge is 0.185 e. The molecule has 0 aromatic carbocycles. The minimum atomic E-state index is -0.835. The molecule has 1 saturated carbocycles. The van der Waals surface area contributed by atoms with Crippen molar-refractivity contribution in [2.24, 2.45) is 0 Å². The van der Waals surface area contributed by atoms with Crippen LogP contribution in [-0.4, -0.2) is 55.7 Å². The second-order valence-corrected chi connectivity index (χ2v) is 10.7. The van der Waals surface area contributed by atoms with E-state index in [2.05, 4.69) is 15.6 Å². The average molecular weight is 485 g/mol. The predicted octanol–water partition coefficient (Wildman–Crippen LogP) is 4.18. The zero-order valence-electron chi connectivity index (χ0n) is 19.5. The maximum Gasteiger partial charge on any atom is 0.185 e. The van der Waals surface area contributed by atoms with Crippen molar-refractivity contribution in [2.75, 3.05) is 12.8 Å². The minimum absolute atomic E-state index is 0.00812. The van der Waals surface area contributed by atoms with Crippen LogP contribution in [-0.2, 0) is 16.6 Å². The third kappa shape index (κ3) is 3.32. The van der Waals surface area contributed by atoms with Gasteiger partial charge in [0, 0.05) is 24.6 Å². The topological polar surface area (TPSA) is 98.7 Å². The first kappa shape index (κ1) is 22.2. The highest BCUT2D eigenvalue weighted by Gasteiger charge is 2.48. The Hall–Kier alpha value is -2.33. The monoisotopic (exact) mass is 484 g/mol. The van der Waals surface area contributed by atoms with Crippen LogP contribution < -0.4 is 5.32 Å². The van der Waals surface area contributed by atoms with Crippen LogP contribution in [0.25, 0.3) is 22.6 Å². The van der Waals surface area contributed by atoms with Crippen LogP contribution >= 0.6 is 11.8 Å². The van der Waals surface area contributed by atoms with E-state index >= 15 is 0 Å². The molecule has 10 heteroatoms. The molecule has 4 heterocycles. The molecule has 0 unspecified atom stereocenters. The van der Waals surface area contributed by atoms with Gasteiger partial charge >= 0.3 is 0 Å². The second-order valence-electron chi connectivity index (χ2n) is 9.88. The lowest BCUT2D eigenvalue weighted by Gasteiger charge is -2.36. The van der Waals surface area contributed by atoms with Crippen LogP contribution in [0, 0.1) is 0 Å². The minimum Gasteiger partial charge on any atom is -0.359 e. The van der Waals surface area contributed by atoms with Gasteiger partial charge in [0.05, 0.1) is 23.0 Å². The molecule has 1 aliphatic heterocycles. The van der Waals surface area contributed by atoms with E-state index < -0.39 is 11.6 Å². The summed E-state index contributed by atoms with van der Waals surface area (Å²) in [4.78, 5) is 22.7. The fourth-order valence-corrected chi connectivity index (χ4v) is 6.63. The van der Waals surface area contributed by atoms with Gasteiger partial charge in [-0.05, 0) is 51.7 Å². The fraction of sp³-hybridized carbons (Fsp3) is 0.625. The van der Waals surface area contributed by atoms with Crippen molar-refractivity contribution < 1.29 is 13.7 Å². The maximum atomic E-state index is 13.8. The number of nitrogens with zero attached hydrogens (tertiary/aromatic N) is 5. The molecular formula is C24H29FN6O2S. The summed E-state index contributed by atoms with van der Waals surface area (Å²) in [6, 6.07) is -0.0729. The number of carbonyl (C=O) groups excluding carboxylic acids is 1. The molecule has 2 aliphatic carbocycles. The number of carbonyl (C=O) groups is 1. The highest BCUT2D eigenvalue weighted by molar-refractivity contribution is 7.98. The Labute approximate surface area is 201 Å². The third-order valence-corrected chi connectivity index (χ3v) is 8.65. The van der Waals surface area contributed by atoms with Crippen molar-refractivity contribution in [3.63, 3.8) is 0 Å². The Morgan fingerprint density at radius 3 is 2.88 bits per heavy atom. The van der Waals surface area contributed by atoms with Gasteiger partial charge in [-0.2, -0.15) is 5.10 Å². The zero-order valence-corrected chi connectivity index (χ0v) is 20.3. The molecule has 1 saturated heterocycles. The lowest BCUT2D eigenvalue weighted by Crippen LogP contribution is -2.41. The summed E-state index contributed by atoms with van der Waals surface area (Å²) in [5.74, 6) is 1.52. The van der Waals surface area contributed by atoms with Crippen LogP contribution in [0.15, 0.2) is 15.7 Å². The highest BCUT2D eigenvalue weighted by atomic mass is 32.2. The number of rotatable bonds is 4. The summed E-state index contributed by atoms with van der Waals surface area (Å²) < 4.78 is 21.6. The normalized spacial score (nSPS) is 28.0. The Morgan fingerprint density at radius 2 is 2.12 bits per heavy atom. The summed E-state index contributed by atoms with van der Waals surface area (Å²) >= 11 is 1.53. The van der Waals surface area contributed by atoms with Crippen LogP contribution in [0.5, 0.6) is 0 Å². The summed E-state index contributed by atoms with van der Waals surface area (Å²) in [7, 11) is 0. The summed E-state index contributed by atoms with van der Waals surface area (Å²) in [5, 5.41) is 14.0. The third-order valence-electron chi connectivity index (χ3n) is 7.95. The van der Waals surface area contributed by atoms with E-state index in [9.17, 15) is 9.18 Å². The lowest BCUT2D eigenvalue weighted by molar-refractivity contribution is -0.128. The number of alkyl halides is 1. The molecular weight excluding hydrogens is 455 g/mol. The Balaban J connectivity index is 1.45. The van der Waals surface area contributed by atoms with E-state index in [1.54, 1.807) is 6.20 Å². The molecule has 6 rings (SSSR count). The molecule has 3 aromatic heterocycles. The molecule has 0 amide bonds. The van der Waals surface area contributed by atoms with Crippen molar-refractivity contribution >= 4 is 28.6 Å². The van der Waals surface area contributed by atoms with Crippen LogP contribution in [0.2, 0.25) is 0 Å². The van der Waals surface area contributed by atoms with Crippen LogP contribution in [0.4, 0.5) is 4.39 Å². The van der Waals surface area contributed by atoms with Gasteiger partial charge in [0.1, 0.15) is 17.0 Å². The number of Topliss-reactive ketones (excluding diaryl/α,β-unsaturated/α-hetero) is 1. The molecule has 4 atom stereocenters. The zero-order chi connectivity index (χ0) is 23.4. The van der Waals surface area contributed by atoms with Gasteiger partial charge in [-0.25, -0.2) is 19.0 Å². The highest BCUT2D eigenvalue weighted by Crippen LogP contribution is 2.47. The van der Waals surface area contributed by atoms with E-state index in [1.165, 1.54) is 11.8 Å². The molecule has 0 bridgehead atoms. The van der Waals surface area contributed by atoms with Gasteiger partial charge in [0.15, 0.2) is 22.9 Å². The number of nitrogens with one attached hydrogen (secondary N) is 1. The standard InChI is InChI=1S/C24H29FN6O2S/c1-13(17-10-14(25)11-26-17)31-22-16(12-27-31)23(34-2)29-21(28-22)19-15-6-5-9-24(20(15)33-30-19)8-4-3-7-18(24)32/h12-14,17,26H,3-11H2,1-2H3/t13-,14+,17-,24+/m0/s1. The van der Waals surface area contributed by atoms with Gasteiger partial charge in [-0.1, -0.05) is 11.6 Å². The van der Waals surface area contributed by atoms with Gasteiger partial charge in [0.25, 0.3) is 0 Å². The molecule has 3 aromatic rings. The first-order valence-corrected chi connectivity index (χ1v) is 13.4. The van der Waals surface area contributed by atoms with Crippen molar-refractivity contribution in [3.05, 3.63) is 17.5 Å². The van der Waals surface area contributed by atoms with E-state index in [4.69, 9.17) is 14.5 Å². The van der Waals surface area contributed by atoms with Gasteiger partial charge < -0.3 is 9.84 Å². The Kier molecular flexibility index (Phi) is 5.48. The summed E-state index contributed by atoms with van der Waals surface area (Å²) in [5.41, 5.74) is 1.79. The van der Waals surface area contributed by atoms with E-state index in [0.717, 1.165) is 60.3 Å². The van der Waals surface area contributed by atoms with E-state index in [1.807, 2.05) is 17.9 Å². The largest absolute Gasteiger partial charge is 0.359 e. The first-order chi connectivity index (χ1) is 16.5. The van der Waals surface area contributed by atoms with Crippen molar-refractivity contribution in [2.45, 2.75) is 87.0 Å². The summed E-state index contributed by atoms with van der Waals surface area (Å²) in [6.07, 6.45) is 9.39. The lowest BCUT2D eigenvalue weighted by atomic mass is 9.64. The predicted molar refractivity (Wildman–Crippen MR) is 127 cm³/mol. The maximum absolute atomic E-state index is 13.8. The number of hydrogen-bond acceptors (Lipinski definition) is 8. The van der Waals surface area contributed by atoms with Crippen molar-refractivity contribution in [3.8, 4) is 11.5 Å². The first-order valence-electron chi connectivity index (χ1n) is 12.2. The SMILES string of the molecule is CSc1nc(-c2noc3c2CCC[C@@]32CCCCC2=O)nc2c1cnn2[C@@H](C)[C@@H]1C[C@@H](F)CN1.